The number of aliphatic hydroxyl groups is 1. The lowest BCUT2D eigenvalue weighted by molar-refractivity contribution is 0.166. The molecule has 0 saturated carbocycles. The van der Waals surface area contributed by atoms with E-state index in [0.29, 0.717) is 12.8 Å². The van der Waals surface area contributed by atoms with Crippen molar-refractivity contribution in [2.45, 2.75) is 30.8 Å². The molecular weight excluding hydrogens is 268 g/mol. The predicted octanol–water partition coefficient (Wildman–Crippen LogP) is 2.66. The van der Waals surface area contributed by atoms with Gasteiger partial charge in [-0.05, 0) is 36.3 Å². The van der Waals surface area contributed by atoms with Crippen molar-refractivity contribution < 1.29 is 13.5 Å². The third-order valence-corrected chi connectivity index (χ3v) is 4.49. The van der Waals surface area contributed by atoms with Gasteiger partial charge in [-0.25, -0.2) is 8.42 Å². The van der Waals surface area contributed by atoms with Crippen molar-refractivity contribution in [2.75, 3.05) is 17.8 Å². The Kier molecular flexibility index (Phi) is 6.18. The lowest BCUT2D eigenvalue weighted by atomic mass is 10.1. The first-order valence-corrected chi connectivity index (χ1v) is 9.05. The molecule has 0 radical (unpaired) electrons. The maximum absolute atomic E-state index is 11.0. The van der Waals surface area contributed by atoms with Crippen LogP contribution in [0.4, 0.5) is 0 Å². The van der Waals surface area contributed by atoms with Crippen molar-refractivity contribution in [1.82, 2.24) is 0 Å². The Morgan fingerprint density at radius 2 is 1.89 bits per heavy atom. The summed E-state index contributed by atoms with van der Waals surface area (Å²) in [6.07, 6.45) is 1.61. The van der Waals surface area contributed by atoms with Gasteiger partial charge in [0, 0.05) is 16.9 Å². The Hall–Kier alpha value is -0.520. The van der Waals surface area contributed by atoms with E-state index in [1.807, 2.05) is 24.3 Å². The standard InChI is InChI=1S/C13H20O3S2/c1-3-17-12-8-6-11(7-9-12)13(14)5-4-10-18(2,15)16/h6-9,13-14H,3-5,10H2,1-2H3. The van der Waals surface area contributed by atoms with Crippen LogP contribution in [0.2, 0.25) is 0 Å². The van der Waals surface area contributed by atoms with E-state index in [0.717, 1.165) is 11.3 Å². The van der Waals surface area contributed by atoms with E-state index in [4.69, 9.17) is 0 Å². The van der Waals surface area contributed by atoms with Crippen LogP contribution in [0.5, 0.6) is 0 Å². The molecule has 1 rings (SSSR count). The van der Waals surface area contributed by atoms with Gasteiger partial charge in [-0.1, -0.05) is 19.1 Å². The number of aliphatic hydroxyl groups excluding tert-OH is 1. The molecule has 0 aliphatic carbocycles. The third-order valence-electron chi connectivity index (χ3n) is 2.57. The molecule has 1 unspecified atom stereocenters. The first kappa shape index (κ1) is 15.5. The molecule has 1 N–H and O–H groups in total. The maximum Gasteiger partial charge on any atom is 0.147 e. The number of thioether (sulfide) groups is 1. The number of benzene rings is 1. The zero-order valence-electron chi connectivity index (χ0n) is 10.8. The normalized spacial score (nSPS) is 13.5. The van der Waals surface area contributed by atoms with Crippen LogP contribution < -0.4 is 0 Å². The zero-order valence-corrected chi connectivity index (χ0v) is 12.4. The number of sulfone groups is 1. The molecular formula is C13H20O3S2. The zero-order chi connectivity index (χ0) is 13.6. The van der Waals surface area contributed by atoms with Gasteiger partial charge in [0.15, 0.2) is 0 Å². The molecule has 0 spiro atoms. The monoisotopic (exact) mass is 288 g/mol. The number of hydrogen-bond acceptors (Lipinski definition) is 4. The van der Waals surface area contributed by atoms with E-state index in [9.17, 15) is 13.5 Å². The van der Waals surface area contributed by atoms with Gasteiger partial charge in [-0.15, -0.1) is 11.8 Å². The summed E-state index contributed by atoms with van der Waals surface area (Å²) >= 11 is 1.76. The summed E-state index contributed by atoms with van der Waals surface area (Å²) < 4.78 is 22.0. The van der Waals surface area contributed by atoms with Crippen LogP contribution in [-0.2, 0) is 9.84 Å². The van der Waals surface area contributed by atoms with Crippen molar-refractivity contribution in [1.29, 1.82) is 0 Å². The fourth-order valence-electron chi connectivity index (χ4n) is 1.66. The summed E-state index contributed by atoms with van der Waals surface area (Å²) in [7, 11) is -2.93. The molecule has 102 valence electrons. The highest BCUT2D eigenvalue weighted by Crippen LogP contribution is 2.23. The molecule has 1 atom stereocenters. The highest BCUT2D eigenvalue weighted by Gasteiger charge is 2.09. The topological polar surface area (TPSA) is 54.4 Å². The van der Waals surface area contributed by atoms with Crippen LogP contribution in [0.1, 0.15) is 31.4 Å². The van der Waals surface area contributed by atoms with Gasteiger partial charge in [-0.2, -0.15) is 0 Å². The Morgan fingerprint density at radius 3 is 2.39 bits per heavy atom. The Bertz CT molecular complexity index is 452. The van der Waals surface area contributed by atoms with Gasteiger partial charge >= 0.3 is 0 Å². The van der Waals surface area contributed by atoms with Crippen LogP contribution >= 0.6 is 11.8 Å². The molecule has 1 aromatic carbocycles. The molecule has 3 nitrogen and oxygen atoms in total. The molecule has 0 fully saturated rings. The van der Waals surface area contributed by atoms with E-state index in [-0.39, 0.29) is 5.75 Å². The minimum atomic E-state index is -2.93. The van der Waals surface area contributed by atoms with E-state index < -0.39 is 15.9 Å². The first-order chi connectivity index (χ1) is 8.42. The summed E-state index contributed by atoms with van der Waals surface area (Å²) in [5, 5.41) is 9.94. The lowest BCUT2D eigenvalue weighted by Gasteiger charge is -2.11. The van der Waals surface area contributed by atoms with Crippen molar-refractivity contribution in [3.05, 3.63) is 29.8 Å². The molecule has 0 heterocycles. The summed E-state index contributed by atoms with van der Waals surface area (Å²) in [4.78, 5) is 1.18. The molecule has 0 aromatic heterocycles. The van der Waals surface area contributed by atoms with Gasteiger partial charge in [0.1, 0.15) is 9.84 Å². The van der Waals surface area contributed by atoms with Gasteiger partial charge in [-0.3, -0.25) is 0 Å². The van der Waals surface area contributed by atoms with E-state index in [2.05, 4.69) is 6.92 Å². The smallest absolute Gasteiger partial charge is 0.147 e. The molecule has 0 amide bonds. The Morgan fingerprint density at radius 1 is 1.28 bits per heavy atom. The fourth-order valence-corrected chi connectivity index (χ4v) is 3.01. The summed E-state index contributed by atoms with van der Waals surface area (Å²) in [5.41, 5.74) is 0.851. The van der Waals surface area contributed by atoms with E-state index in [1.165, 1.54) is 11.2 Å². The molecule has 1 aromatic rings. The Labute approximate surface area is 114 Å². The van der Waals surface area contributed by atoms with Crippen molar-refractivity contribution >= 4 is 21.6 Å². The third kappa shape index (κ3) is 5.89. The summed E-state index contributed by atoms with van der Waals surface area (Å²) in [6, 6.07) is 7.79. The van der Waals surface area contributed by atoms with Gasteiger partial charge in [0.05, 0.1) is 6.10 Å². The predicted molar refractivity (Wildman–Crippen MR) is 76.7 cm³/mol. The molecule has 0 aliphatic rings. The SMILES string of the molecule is CCSc1ccc(C(O)CCCS(C)(=O)=O)cc1. The first-order valence-electron chi connectivity index (χ1n) is 6.01. The highest BCUT2D eigenvalue weighted by atomic mass is 32.2. The Balaban J connectivity index is 2.48. The average Bonchev–Trinajstić information content (AvgIpc) is 2.28. The van der Waals surface area contributed by atoms with Crippen LogP contribution in [-0.4, -0.2) is 31.3 Å². The number of rotatable bonds is 7. The van der Waals surface area contributed by atoms with Crippen molar-refractivity contribution in [3.63, 3.8) is 0 Å². The van der Waals surface area contributed by atoms with Gasteiger partial charge < -0.3 is 5.11 Å². The second-order valence-corrected chi connectivity index (χ2v) is 7.89. The minimum absolute atomic E-state index is 0.133. The van der Waals surface area contributed by atoms with E-state index >= 15 is 0 Å². The molecule has 0 aliphatic heterocycles. The van der Waals surface area contributed by atoms with Crippen molar-refractivity contribution in [2.24, 2.45) is 0 Å². The lowest BCUT2D eigenvalue weighted by Crippen LogP contribution is -2.05. The van der Waals surface area contributed by atoms with Crippen LogP contribution in [0.15, 0.2) is 29.2 Å². The second kappa shape index (κ2) is 7.16. The van der Waals surface area contributed by atoms with E-state index in [1.54, 1.807) is 11.8 Å². The average molecular weight is 288 g/mol. The quantitative estimate of drug-likeness (QED) is 0.784. The molecule has 18 heavy (non-hydrogen) atoms. The van der Waals surface area contributed by atoms with Crippen LogP contribution in [0.3, 0.4) is 0 Å². The summed E-state index contributed by atoms with van der Waals surface area (Å²) in [5.74, 6) is 1.16. The van der Waals surface area contributed by atoms with Gasteiger partial charge in [0.25, 0.3) is 0 Å². The maximum atomic E-state index is 11.0. The number of hydrogen-bond donors (Lipinski definition) is 1. The second-order valence-electron chi connectivity index (χ2n) is 4.29. The largest absolute Gasteiger partial charge is 0.388 e. The summed E-state index contributed by atoms with van der Waals surface area (Å²) in [6.45, 7) is 2.10. The molecule has 0 saturated heterocycles. The highest BCUT2D eigenvalue weighted by molar-refractivity contribution is 7.99. The fraction of sp³-hybridized carbons (Fsp3) is 0.538. The van der Waals surface area contributed by atoms with Crippen LogP contribution in [0, 0.1) is 0 Å². The van der Waals surface area contributed by atoms with Crippen LogP contribution in [0.25, 0.3) is 0 Å². The van der Waals surface area contributed by atoms with Crippen molar-refractivity contribution in [3.8, 4) is 0 Å². The van der Waals surface area contributed by atoms with Gasteiger partial charge in [0.2, 0.25) is 0 Å². The molecule has 5 heteroatoms. The minimum Gasteiger partial charge on any atom is -0.388 e. The molecule has 0 bridgehead atoms.